The predicted octanol–water partition coefficient (Wildman–Crippen LogP) is 5.11. The number of rotatable bonds is 8. The lowest BCUT2D eigenvalue weighted by Crippen LogP contribution is -2.22. The molecule has 10 heteroatoms. The summed E-state index contributed by atoms with van der Waals surface area (Å²) in [5.74, 6) is 1.32. The van der Waals surface area contributed by atoms with E-state index in [-0.39, 0.29) is 5.91 Å². The third kappa shape index (κ3) is 5.52. The van der Waals surface area contributed by atoms with Gasteiger partial charge in [-0.05, 0) is 62.4 Å². The van der Waals surface area contributed by atoms with Crippen LogP contribution in [0.4, 0.5) is 5.13 Å². The average molecular weight is 494 g/mol. The van der Waals surface area contributed by atoms with Crippen LogP contribution < -0.4 is 14.8 Å². The number of carbonyl (C=O) groups is 1. The van der Waals surface area contributed by atoms with Crippen molar-refractivity contribution in [3.05, 3.63) is 59.6 Å². The Labute approximate surface area is 205 Å². The van der Waals surface area contributed by atoms with E-state index in [0.29, 0.717) is 21.7 Å². The number of thiazole rings is 1. The normalized spacial score (nSPS) is 11.6. The van der Waals surface area contributed by atoms with E-state index in [0.717, 1.165) is 28.3 Å². The Balaban J connectivity index is 1.63. The van der Waals surface area contributed by atoms with Crippen molar-refractivity contribution < 1.29 is 14.3 Å². The molecule has 0 aliphatic heterocycles. The van der Waals surface area contributed by atoms with Crippen LogP contribution in [0.2, 0.25) is 0 Å². The van der Waals surface area contributed by atoms with Gasteiger partial charge in [-0.25, -0.2) is 9.97 Å². The van der Waals surface area contributed by atoms with Gasteiger partial charge in [0.05, 0.1) is 25.2 Å². The van der Waals surface area contributed by atoms with Crippen molar-refractivity contribution in [2.75, 3.05) is 19.5 Å². The van der Waals surface area contributed by atoms with Crippen LogP contribution in [0.15, 0.2) is 59.1 Å². The number of nitrogens with zero attached hydrogens (tertiary/aromatic N) is 4. The van der Waals surface area contributed by atoms with Gasteiger partial charge in [-0.15, -0.1) is 21.5 Å². The van der Waals surface area contributed by atoms with Gasteiger partial charge < -0.3 is 14.8 Å². The zero-order chi connectivity index (χ0) is 24.1. The first-order chi connectivity index (χ1) is 16.5. The van der Waals surface area contributed by atoms with Crippen molar-refractivity contribution in [3.63, 3.8) is 0 Å². The smallest absolute Gasteiger partial charge is 0.239 e. The Morgan fingerprint density at radius 1 is 0.912 bits per heavy atom. The molecule has 2 aromatic heterocycles. The van der Waals surface area contributed by atoms with Crippen LogP contribution >= 0.6 is 23.1 Å². The van der Waals surface area contributed by atoms with Crippen molar-refractivity contribution in [1.29, 1.82) is 0 Å². The number of amides is 1. The van der Waals surface area contributed by atoms with Gasteiger partial charge in [0.15, 0.2) is 5.13 Å². The molecule has 0 spiro atoms. The Morgan fingerprint density at radius 3 is 2.03 bits per heavy atom. The molecule has 174 valence electrons. The molecule has 4 rings (SSSR count). The number of hydrogen-bond acceptors (Lipinski definition) is 9. The van der Waals surface area contributed by atoms with E-state index in [1.807, 2.05) is 60.8 Å². The van der Waals surface area contributed by atoms with Crippen LogP contribution in [0.25, 0.3) is 22.5 Å². The van der Waals surface area contributed by atoms with E-state index in [2.05, 4.69) is 20.5 Å². The maximum absolute atomic E-state index is 12.6. The lowest BCUT2D eigenvalue weighted by molar-refractivity contribution is -0.115. The third-order valence-corrected chi connectivity index (χ3v) is 6.72. The number of ether oxygens (including phenoxy) is 2. The molecule has 0 saturated carbocycles. The number of methoxy groups -OCH3 is 2. The summed E-state index contributed by atoms with van der Waals surface area (Å²) in [6, 6.07) is 15.1. The monoisotopic (exact) mass is 493 g/mol. The van der Waals surface area contributed by atoms with Gasteiger partial charge in [0.2, 0.25) is 11.1 Å². The molecule has 0 aliphatic carbocycles. The van der Waals surface area contributed by atoms with Gasteiger partial charge in [0.1, 0.15) is 22.9 Å². The van der Waals surface area contributed by atoms with Gasteiger partial charge in [-0.3, -0.25) is 4.79 Å². The van der Waals surface area contributed by atoms with Crippen LogP contribution in [-0.4, -0.2) is 45.5 Å². The number of anilines is 1. The number of aromatic nitrogens is 4. The molecule has 0 bridgehead atoms. The fourth-order valence-corrected chi connectivity index (χ4v) is 4.49. The molecular weight excluding hydrogens is 470 g/mol. The zero-order valence-electron chi connectivity index (χ0n) is 19.1. The summed E-state index contributed by atoms with van der Waals surface area (Å²) in [5.41, 5.74) is 3.87. The fourth-order valence-electron chi connectivity index (χ4n) is 3.08. The zero-order valence-corrected chi connectivity index (χ0v) is 20.7. The number of nitrogens with one attached hydrogen (secondary N) is 1. The third-order valence-electron chi connectivity index (χ3n) is 4.89. The van der Waals surface area contributed by atoms with Crippen molar-refractivity contribution in [3.8, 4) is 34.0 Å². The molecule has 1 N–H and O–H groups in total. The lowest BCUT2D eigenvalue weighted by atomic mass is 10.0. The van der Waals surface area contributed by atoms with E-state index in [1.165, 1.54) is 23.1 Å². The maximum Gasteiger partial charge on any atom is 0.239 e. The first kappa shape index (κ1) is 23.7. The van der Waals surface area contributed by atoms with Gasteiger partial charge >= 0.3 is 0 Å². The Morgan fingerprint density at radius 2 is 1.50 bits per heavy atom. The molecule has 0 radical (unpaired) electrons. The minimum absolute atomic E-state index is 0.173. The van der Waals surface area contributed by atoms with Crippen molar-refractivity contribution >= 4 is 34.1 Å². The number of benzene rings is 2. The first-order valence-corrected chi connectivity index (χ1v) is 12.2. The standard InChI is InChI=1S/C24H23N5O3S2/c1-14-13-33-23(25-14)27-22(30)15(2)34-24-26-20(16-5-9-18(31-3)10-6-16)21(28-29-24)17-7-11-19(32-4)12-8-17/h5-13,15H,1-4H3,(H,25,27,30). The summed E-state index contributed by atoms with van der Waals surface area (Å²) < 4.78 is 10.5. The summed E-state index contributed by atoms with van der Waals surface area (Å²) in [7, 11) is 3.25. The van der Waals surface area contributed by atoms with Crippen LogP contribution in [0, 0.1) is 6.92 Å². The van der Waals surface area contributed by atoms with Gasteiger partial charge in [-0.1, -0.05) is 11.8 Å². The minimum atomic E-state index is -0.443. The largest absolute Gasteiger partial charge is 0.497 e. The molecule has 1 unspecified atom stereocenters. The molecular formula is C24H23N5O3S2. The molecule has 2 heterocycles. The Hall–Kier alpha value is -3.50. The van der Waals surface area contributed by atoms with E-state index >= 15 is 0 Å². The van der Waals surface area contributed by atoms with E-state index < -0.39 is 5.25 Å². The topological polar surface area (TPSA) is 99.1 Å². The maximum atomic E-state index is 12.6. The second-order valence-electron chi connectivity index (χ2n) is 7.29. The molecule has 34 heavy (non-hydrogen) atoms. The number of thioether (sulfide) groups is 1. The quantitative estimate of drug-likeness (QED) is 0.338. The van der Waals surface area contributed by atoms with Crippen LogP contribution in [0.5, 0.6) is 11.5 Å². The minimum Gasteiger partial charge on any atom is -0.497 e. The van der Waals surface area contributed by atoms with Gasteiger partial charge in [0.25, 0.3) is 0 Å². The van der Waals surface area contributed by atoms with Gasteiger partial charge in [-0.2, -0.15) is 0 Å². The predicted molar refractivity (Wildman–Crippen MR) is 135 cm³/mol. The van der Waals surface area contributed by atoms with Gasteiger partial charge in [0, 0.05) is 16.5 Å². The Bertz CT molecular complexity index is 1280. The summed E-state index contributed by atoms with van der Waals surface area (Å²) in [6.07, 6.45) is 0. The molecule has 4 aromatic rings. The highest BCUT2D eigenvalue weighted by Crippen LogP contribution is 2.32. The molecule has 1 atom stereocenters. The average Bonchev–Trinajstić information content (AvgIpc) is 3.28. The SMILES string of the molecule is COc1ccc(-c2nnc(SC(C)C(=O)Nc3nc(C)cs3)nc2-c2ccc(OC)cc2)cc1. The molecule has 2 aromatic carbocycles. The molecule has 0 aliphatic rings. The number of carbonyl (C=O) groups excluding carboxylic acids is 1. The lowest BCUT2D eigenvalue weighted by Gasteiger charge is -2.12. The highest BCUT2D eigenvalue weighted by Gasteiger charge is 2.20. The van der Waals surface area contributed by atoms with Crippen LogP contribution in [0.3, 0.4) is 0 Å². The van der Waals surface area contributed by atoms with Crippen molar-refractivity contribution in [2.24, 2.45) is 0 Å². The Kier molecular flexibility index (Phi) is 7.39. The van der Waals surface area contributed by atoms with E-state index in [9.17, 15) is 4.79 Å². The fraction of sp³-hybridized carbons (Fsp3) is 0.208. The molecule has 0 saturated heterocycles. The second-order valence-corrected chi connectivity index (χ2v) is 9.46. The molecule has 1 amide bonds. The summed E-state index contributed by atoms with van der Waals surface area (Å²) in [5, 5.41) is 14.0. The summed E-state index contributed by atoms with van der Waals surface area (Å²) >= 11 is 2.63. The number of aryl methyl sites for hydroxylation is 1. The van der Waals surface area contributed by atoms with E-state index in [4.69, 9.17) is 14.5 Å². The number of hydrogen-bond donors (Lipinski definition) is 1. The molecule has 8 nitrogen and oxygen atoms in total. The van der Waals surface area contributed by atoms with Crippen LogP contribution in [0.1, 0.15) is 12.6 Å². The highest BCUT2D eigenvalue weighted by atomic mass is 32.2. The summed E-state index contributed by atoms with van der Waals surface area (Å²) in [6.45, 7) is 3.68. The van der Waals surface area contributed by atoms with Crippen molar-refractivity contribution in [2.45, 2.75) is 24.3 Å². The molecule has 0 fully saturated rings. The highest BCUT2D eigenvalue weighted by molar-refractivity contribution is 8.00. The summed E-state index contributed by atoms with van der Waals surface area (Å²) in [4.78, 5) is 21.7. The van der Waals surface area contributed by atoms with E-state index in [1.54, 1.807) is 21.1 Å². The first-order valence-electron chi connectivity index (χ1n) is 10.4. The second kappa shape index (κ2) is 10.6. The van der Waals surface area contributed by atoms with Crippen molar-refractivity contribution in [1.82, 2.24) is 20.2 Å². The van der Waals surface area contributed by atoms with Crippen LogP contribution in [-0.2, 0) is 4.79 Å².